The molecule has 4 aromatic rings. The molecule has 0 saturated heterocycles. The lowest BCUT2D eigenvalue weighted by Gasteiger charge is -2.06. The van der Waals surface area contributed by atoms with Crippen molar-refractivity contribution >= 4 is 22.6 Å². The number of rotatable bonds is 3. The van der Waals surface area contributed by atoms with Gasteiger partial charge in [-0.2, -0.15) is 0 Å². The van der Waals surface area contributed by atoms with Gasteiger partial charge in [0.25, 0.3) is 0 Å². The summed E-state index contributed by atoms with van der Waals surface area (Å²) in [6, 6.07) is 16.8. The van der Waals surface area contributed by atoms with E-state index in [1.807, 2.05) is 30.3 Å². The highest BCUT2D eigenvalue weighted by Gasteiger charge is 2.17. The minimum atomic E-state index is -0.473. The lowest BCUT2D eigenvalue weighted by Crippen LogP contribution is -1.90. The lowest BCUT2D eigenvalue weighted by molar-refractivity contribution is 0.626. The first kappa shape index (κ1) is 15.8. The average molecular weight is 355 g/mol. The molecular weight excluding hydrogens is 342 g/mol. The zero-order chi connectivity index (χ0) is 17.4. The first-order valence-corrected chi connectivity index (χ1v) is 8.16. The Labute approximate surface area is 148 Å². The van der Waals surface area contributed by atoms with Crippen molar-refractivity contribution in [1.82, 2.24) is 9.97 Å². The van der Waals surface area contributed by atoms with Crippen LogP contribution in [0, 0.1) is 11.6 Å². The second-order valence-corrected chi connectivity index (χ2v) is 6.20. The van der Waals surface area contributed by atoms with Crippen molar-refractivity contribution in [2.24, 2.45) is 0 Å². The van der Waals surface area contributed by atoms with Crippen molar-refractivity contribution in [3.05, 3.63) is 88.7 Å². The summed E-state index contributed by atoms with van der Waals surface area (Å²) >= 11 is 6.18. The number of aromatic amines is 1. The number of hydrogen-bond acceptors (Lipinski definition) is 1. The molecule has 4 rings (SSSR count). The maximum absolute atomic E-state index is 14.6. The molecule has 1 heterocycles. The largest absolute Gasteiger partial charge is 0.341 e. The number of halogens is 3. The normalized spacial score (nSPS) is 11.2. The fourth-order valence-corrected chi connectivity index (χ4v) is 3.15. The monoisotopic (exact) mass is 354 g/mol. The summed E-state index contributed by atoms with van der Waals surface area (Å²) in [5.41, 5.74) is 3.01. The lowest BCUT2D eigenvalue weighted by atomic mass is 10.0. The van der Waals surface area contributed by atoms with Gasteiger partial charge in [0, 0.05) is 12.0 Å². The quantitative estimate of drug-likeness (QED) is 0.498. The predicted octanol–water partition coefficient (Wildman–Crippen LogP) is 5.75. The van der Waals surface area contributed by atoms with Gasteiger partial charge in [0.2, 0.25) is 0 Å². The number of fused-ring (bicyclic) bond motifs is 1. The molecule has 25 heavy (non-hydrogen) atoms. The number of imidazole rings is 1. The Hall–Kier alpha value is -2.72. The minimum Gasteiger partial charge on any atom is -0.341 e. The molecule has 0 aliphatic rings. The molecule has 1 N–H and O–H groups in total. The zero-order valence-corrected chi connectivity index (χ0v) is 13.8. The molecule has 2 nitrogen and oxygen atoms in total. The molecule has 0 atom stereocenters. The summed E-state index contributed by atoms with van der Waals surface area (Å²) in [7, 11) is 0. The molecule has 0 spiro atoms. The standard InChI is InChI=1S/C20H13ClF2N2/c21-15-11-16(23)18(13-6-8-14(22)9-7-13)20-19(15)24-17(25-20)10-12-4-2-1-3-5-12/h1-9,11H,10H2,(H,24,25). The molecule has 5 heteroatoms. The average Bonchev–Trinajstić information content (AvgIpc) is 3.01. The van der Waals surface area contributed by atoms with Gasteiger partial charge in [-0.05, 0) is 29.3 Å². The van der Waals surface area contributed by atoms with E-state index in [-0.39, 0.29) is 10.8 Å². The van der Waals surface area contributed by atoms with Gasteiger partial charge in [-0.15, -0.1) is 0 Å². The van der Waals surface area contributed by atoms with Crippen molar-refractivity contribution in [1.29, 1.82) is 0 Å². The summed E-state index contributed by atoms with van der Waals surface area (Å²) in [6.45, 7) is 0. The molecule has 0 aliphatic heterocycles. The first-order chi connectivity index (χ1) is 12.1. The molecule has 3 aromatic carbocycles. The van der Waals surface area contributed by atoms with E-state index in [0.717, 1.165) is 5.56 Å². The summed E-state index contributed by atoms with van der Waals surface area (Å²) < 4.78 is 27.8. The maximum atomic E-state index is 14.6. The summed E-state index contributed by atoms with van der Waals surface area (Å²) in [5.74, 6) is -0.153. The van der Waals surface area contributed by atoms with Crippen LogP contribution in [0.4, 0.5) is 8.78 Å². The van der Waals surface area contributed by atoms with Crippen LogP contribution in [0.25, 0.3) is 22.2 Å². The van der Waals surface area contributed by atoms with Crippen LogP contribution in [-0.2, 0) is 6.42 Å². The number of hydrogen-bond donors (Lipinski definition) is 1. The third-order valence-corrected chi connectivity index (χ3v) is 4.36. The van der Waals surface area contributed by atoms with Crippen LogP contribution in [0.2, 0.25) is 5.02 Å². The van der Waals surface area contributed by atoms with Crippen LogP contribution in [0.5, 0.6) is 0 Å². The Balaban J connectivity index is 1.87. The highest BCUT2D eigenvalue weighted by molar-refractivity contribution is 6.35. The first-order valence-electron chi connectivity index (χ1n) is 7.78. The van der Waals surface area contributed by atoms with Crippen molar-refractivity contribution < 1.29 is 8.78 Å². The van der Waals surface area contributed by atoms with Crippen LogP contribution in [0.15, 0.2) is 60.7 Å². The van der Waals surface area contributed by atoms with Gasteiger partial charge in [-0.1, -0.05) is 54.1 Å². The second-order valence-electron chi connectivity index (χ2n) is 5.79. The second kappa shape index (κ2) is 6.30. The van der Waals surface area contributed by atoms with Gasteiger partial charge in [0.05, 0.1) is 10.5 Å². The van der Waals surface area contributed by atoms with E-state index in [0.29, 0.717) is 34.4 Å². The van der Waals surface area contributed by atoms with E-state index in [1.54, 1.807) is 12.1 Å². The smallest absolute Gasteiger partial charge is 0.134 e. The van der Waals surface area contributed by atoms with Crippen LogP contribution in [-0.4, -0.2) is 9.97 Å². The maximum Gasteiger partial charge on any atom is 0.134 e. The number of nitrogens with one attached hydrogen (secondary N) is 1. The van der Waals surface area contributed by atoms with Crippen LogP contribution < -0.4 is 0 Å². The third-order valence-electron chi connectivity index (χ3n) is 4.07. The van der Waals surface area contributed by atoms with Gasteiger partial charge in [0.1, 0.15) is 23.0 Å². The molecule has 124 valence electrons. The molecule has 0 bridgehead atoms. The summed E-state index contributed by atoms with van der Waals surface area (Å²) in [6.07, 6.45) is 0.580. The fraction of sp³-hybridized carbons (Fsp3) is 0.0500. The Kier molecular flexibility index (Phi) is 3.98. The number of H-pyrrole nitrogens is 1. The molecule has 0 unspecified atom stereocenters. The van der Waals surface area contributed by atoms with E-state index in [9.17, 15) is 8.78 Å². The van der Waals surface area contributed by atoms with E-state index in [2.05, 4.69) is 9.97 Å². The third kappa shape index (κ3) is 3.01. The Morgan fingerprint density at radius 3 is 2.40 bits per heavy atom. The van der Waals surface area contributed by atoms with Crippen molar-refractivity contribution in [2.45, 2.75) is 6.42 Å². The van der Waals surface area contributed by atoms with E-state index in [4.69, 9.17) is 11.6 Å². The summed E-state index contributed by atoms with van der Waals surface area (Å²) in [5, 5.41) is 0.244. The zero-order valence-electron chi connectivity index (χ0n) is 13.1. The molecule has 1 aromatic heterocycles. The van der Waals surface area contributed by atoms with Crippen molar-refractivity contribution in [3.8, 4) is 11.1 Å². The topological polar surface area (TPSA) is 28.7 Å². The van der Waals surface area contributed by atoms with Crippen molar-refractivity contribution in [3.63, 3.8) is 0 Å². The molecule has 0 amide bonds. The Morgan fingerprint density at radius 1 is 0.960 bits per heavy atom. The van der Waals surface area contributed by atoms with Gasteiger partial charge in [0.15, 0.2) is 0 Å². The van der Waals surface area contributed by atoms with E-state index < -0.39 is 5.82 Å². The highest BCUT2D eigenvalue weighted by atomic mass is 35.5. The van der Waals surface area contributed by atoms with Crippen LogP contribution in [0.3, 0.4) is 0 Å². The van der Waals surface area contributed by atoms with Crippen molar-refractivity contribution in [2.75, 3.05) is 0 Å². The molecular formula is C20H13ClF2N2. The van der Waals surface area contributed by atoms with Gasteiger partial charge in [-0.25, -0.2) is 13.8 Å². The Morgan fingerprint density at radius 2 is 1.68 bits per heavy atom. The number of nitrogens with zero attached hydrogens (tertiary/aromatic N) is 1. The molecule has 0 radical (unpaired) electrons. The molecule has 0 fully saturated rings. The SMILES string of the molecule is Fc1ccc(-c2c(F)cc(Cl)c3nc(Cc4ccccc4)[nH]c23)cc1. The van der Waals surface area contributed by atoms with Crippen LogP contribution in [0.1, 0.15) is 11.4 Å². The van der Waals surface area contributed by atoms with E-state index >= 15 is 0 Å². The van der Waals surface area contributed by atoms with Gasteiger partial charge < -0.3 is 4.98 Å². The summed E-state index contributed by atoms with van der Waals surface area (Å²) in [4.78, 5) is 7.70. The van der Waals surface area contributed by atoms with Gasteiger partial charge in [-0.3, -0.25) is 0 Å². The highest BCUT2D eigenvalue weighted by Crippen LogP contribution is 2.34. The molecule has 0 saturated carbocycles. The van der Waals surface area contributed by atoms with Crippen LogP contribution >= 0.6 is 11.6 Å². The minimum absolute atomic E-state index is 0.244. The molecule has 0 aliphatic carbocycles. The Bertz CT molecular complexity index is 1040. The number of benzene rings is 3. The fourth-order valence-electron chi connectivity index (χ4n) is 2.92. The number of aromatic nitrogens is 2. The van der Waals surface area contributed by atoms with E-state index in [1.165, 1.54) is 18.2 Å². The van der Waals surface area contributed by atoms with Gasteiger partial charge >= 0.3 is 0 Å². The predicted molar refractivity (Wildman–Crippen MR) is 95.7 cm³/mol.